The third-order valence-electron chi connectivity index (χ3n) is 4.91. The van der Waals surface area contributed by atoms with E-state index in [1.165, 1.54) is 0 Å². The minimum Gasteiger partial charge on any atom is -0.375 e. The maximum atomic E-state index is 11.1. The first-order chi connectivity index (χ1) is 13.8. The summed E-state index contributed by atoms with van der Waals surface area (Å²) in [5, 5.41) is 14.4. The Labute approximate surface area is 166 Å². The van der Waals surface area contributed by atoms with E-state index >= 15 is 0 Å². The Morgan fingerprint density at radius 2 is 0.821 bits per heavy atom. The number of hydrogen-bond acceptors (Lipinski definition) is 2. The van der Waals surface area contributed by atoms with Gasteiger partial charge in [0.05, 0.1) is 0 Å². The van der Waals surface area contributed by atoms with Gasteiger partial charge in [0.15, 0.2) is 6.29 Å². The van der Waals surface area contributed by atoms with Gasteiger partial charge in [-0.05, 0) is 15.6 Å². The van der Waals surface area contributed by atoms with Crippen molar-refractivity contribution in [2.24, 2.45) is 0 Å². The number of benzene rings is 4. The molecule has 28 heavy (non-hydrogen) atoms. The van der Waals surface area contributed by atoms with E-state index < -0.39 is 14.6 Å². The van der Waals surface area contributed by atoms with Gasteiger partial charge in [0.25, 0.3) is 8.32 Å². The minimum absolute atomic E-state index is 0.752. The fourth-order valence-corrected chi connectivity index (χ4v) is 7.44. The quantitative estimate of drug-likeness (QED) is 0.315. The highest BCUT2D eigenvalue weighted by Gasteiger charge is 2.43. The number of aliphatic hydroxyl groups excluding tert-OH is 1. The first kappa shape index (κ1) is 18.4. The molecule has 0 fully saturated rings. The molecule has 0 aromatic heterocycles. The van der Waals surface area contributed by atoms with Crippen LogP contribution in [0.15, 0.2) is 121 Å². The van der Waals surface area contributed by atoms with Crippen LogP contribution >= 0.6 is 0 Å². The lowest BCUT2D eigenvalue weighted by Crippen LogP contribution is -2.69. The Morgan fingerprint density at radius 3 is 1.18 bits per heavy atom. The molecule has 0 amide bonds. The molecule has 4 aromatic carbocycles. The van der Waals surface area contributed by atoms with Crippen molar-refractivity contribution in [1.29, 1.82) is 0 Å². The maximum absolute atomic E-state index is 11.1. The summed E-state index contributed by atoms with van der Waals surface area (Å²) in [4.78, 5) is 0. The molecule has 0 spiro atoms. The smallest absolute Gasteiger partial charge is 0.291 e. The molecule has 0 heterocycles. The average molecular weight is 383 g/mol. The Bertz CT molecular complexity index is 893. The van der Waals surface area contributed by atoms with E-state index in [9.17, 15) is 5.11 Å². The van der Waals surface area contributed by atoms with Crippen LogP contribution in [0.1, 0.15) is 11.9 Å². The Hall–Kier alpha value is -2.98. The second-order valence-electron chi connectivity index (χ2n) is 6.66. The van der Waals surface area contributed by atoms with Gasteiger partial charge >= 0.3 is 0 Å². The fraction of sp³-hybridized carbons (Fsp3) is 0.0400. The molecular formula is C25H22O2Si. The third-order valence-corrected chi connectivity index (χ3v) is 8.93. The Kier molecular flexibility index (Phi) is 5.49. The molecule has 1 unspecified atom stereocenters. The van der Waals surface area contributed by atoms with Gasteiger partial charge in [-0.2, -0.15) is 0 Å². The highest BCUT2D eigenvalue weighted by molar-refractivity contribution is 7.07. The minimum atomic E-state index is -2.92. The van der Waals surface area contributed by atoms with E-state index in [1.54, 1.807) is 0 Å². The zero-order valence-corrected chi connectivity index (χ0v) is 16.5. The lowest BCUT2D eigenvalue weighted by molar-refractivity contribution is -0.0223. The van der Waals surface area contributed by atoms with E-state index in [0.29, 0.717) is 0 Å². The zero-order valence-electron chi connectivity index (χ0n) is 15.5. The number of aliphatic hydroxyl groups is 1. The molecule has 4 rings (SSSR count). The molecule has 1 atom stereocenters. The van der Waals surface area contributed by atoms with Gasteiger partial charge in [-0.15, -0.1) is 0 Å². The van der Waals surface area contributed by atoms with E-state index in [-0.39, 0.29) is 0 Å². The molecule has 0 aliphatic carbocycles. The molecule has 0 aliphatic rings. The topological polar surface area (TPSA) is 29.5 Å². The SMILES string of the molecule is OC(O[Si](c1ccccc1)(c1ccccc1)c1ccccc1)c1ccccc1. The lowest BCUT2D eigenvalue weighted by atomic mass is 10.2. The van der Waals surface area contributed by atoms with Crippen molar-refractivity contribution in [2.45, 2.75) is 6.29 Å². The van der Waals surface area contributed by atoms with Gasteiger partial charge in [0.2, 0.25) is 0 Å². The summed E-state index contributed by atoms with van der Waals surface area (Å²) in [6.45, 7) is 0. The first-order valence-corrected chi connectivity index (χ1v) is 11.3. The molecule has 0 saturated heterocycles. The second-order valence-corrected chi connectivity index (χ2v) is 9.99. The maximum Gasteiger partial charge on any atom is 0.291 e. The molecule has 0 saturated carbocycles. The number of hydrogen-bond donors (Lipinski definition) is 1. The Morgan fingerprint density at radius 1 is 0.500 bits per heavy atom. The van der Waals surface area contributed by atoms with Crippen molar-refractivity contribution in [1.82, 2.24) is 0 Å². The van der Waals surface area contributed by atoms with E-state index in [2.05, 4.69) is 36.4 Å². The van der Waals surface area contributed by atoms with Crippen LogP contribution in [0.25, 0.3) is 0 Å². The van der Waals surface area contributed by atoms with Gasteiger partial charge in [0, 0.05) is 5.56 Å². The first-order valence-electron chi connectivity index (χ1n) is 9.38. The molecule has 3 heteroatoms. The summed E-state index contributed by atoms with van der Waals surface area (Å²) >= 11 is 0. The van der Waals surface area contributed by atoms with Gasteiger partial charge < -0.3 is 9.53 Å². The summed E-state index contributed by atoms with van der Waals surface area (Å²) in [6.07, 6.45) is -1.02. The highest BCUT2D eigenvalue weighted by Crippen LogP contribution is 2.20. The molecule has 0 radical (unpaired) electrons. The van der Waals surface area contributed by atoms with Gasteiger partial charge in [-0.3, -0.25) is 0 Å². The predicted octanol–water partition coefficient (Wildman–Crippen LogP) is 3.36. The molecule has 138 valence electrons. The van der Waals surface area contributed by atoms with Crippen molar-refractivity contribution in [3.8, 4) is 0 Å². The van der Waals surface area contributed by atoms with Crippen LogP contribution in [-0.4, -0.2) is 13.4 Å². The van der Waals surface area contributed by atoms with Crippen LogP contribution in [0.5, 0.6) is 0 Å². The summed E-state index contributed by atoms with van der Waals surface area (Å²) in [5.74, 6) is 0. The third kappa shape index (κ3) is 3.56. The summed E-state index contributed by atoms with van der Waals surface area (Å²) in [7, 11) is -2.92. The van der Waals surface area contributed by atoms with Crippen molar-refractivity contribution in [3.63, 3.8) is 0 Å². The van der Waals surface area contributed by atoms with Crippen molar-refractivity contribution >= 4 is 23.9 Å². The molecule has 0 aliphatic heterocycles. The molecule has 4 aromatic rings. The molecule has 0 bridgehead atoms. The summed E-state index contributed by atoms with van der Waals surface area (Å²) in [6, 6.07) is 40.4. The van der Waals surface area contributed by atoms with Crippen LogP contribution in [0, 0.1) is 0 Å². The Balaban J connectivity index is 1.93. The predicted molar refractivity (Wildman–Crippen MR) is 116 cm³/mol. The summed E-state index contributed by atoms with van der Waals surface area (Å²) < 4.78 is 6.68. The van der Waals surface area contributed by atoms with E-state index in [4.69, 9.17) is 4.43 Å². The van der Waals surface area contributed by atoms with Crippen LogP contribution in [0.4, 0.5) is 0 Å². The van der Waals surface area contributed by atoms with Crippen molar-refractivity contribution in [2.75, 3.05) is 0 Å². The monoisotopic (exact) mass is 382 g/mol. The number of rotatable bonds is 6. The normalized spacial score (nSPS) is 12.5. The van der Waals surface area contributed by atoms with Gasteiger partial charge in [-0.1, -0.05) is 121 Å². The van der Waals surface area contributed by atoms with Crippen LogP contribution in [0.3, 0.4) is 0 Å². The highest BCUT2D eigenvalue weighted by atomic mass is 28.4. The molecule has 1 N–H and O–H groups in total. The van der Waals surface area contributed by atoms with E-state index in [1.807, 2.05) is 84.9 Å². The zero-order chi connectivity index (χ0) is 19.2. The van der Waals surface area contributed by atoms with Gasteiger partial charge in [-0.25, -0.2) is 0 Å². The van der Waals surface area contributed by atoms with Crippen LogP contribution in [0.2, 0.25) is 0 Å². The average Bonchev–Trinajstić information content (AvgIpc) is 2.80. The van der Waals surface area contributed by atoms with Crippen LogP contribution < -0.4 is 15.6 Å². The molecule has 2 nitrogen and oxygen atoms in total. The molecular weight excluding hydrogens is 360 g/mol. The van der Waals surface area contributed by atoms with Crippen LogP contribution in [-0.2, 0) is 4.43 Å². The largest absolute Gasteiger partial charge is 0.375 e. The van der Waals surface area contributed by atoms with E-state index in [0.717, 1.165) is 21.1 Å². The summed E-state index contributed by atoms with van der Waals surface area (Å²) in [5.41, 5.74) is 0.752. The van der Waals surface area contributed by atoms with Crippen molar-refractivity contribution < 1.29 is 9.53 Å². The standard InChI is InChI=1S/C25H22O2Si/c26-25(21-13-5-1-6-14-21)27-28(22-15-7-2-8-16-22,23-17-9-3-10-18-23)24-19-11-4-12-20-24/h1-20,25-26H. The lowest BCUT2D eigenvalue weighted by Gasteiger charge is -2.35. The second kappa shape index (κ2) is 8.36. The van der Waals surface area contributed by atoms with Crippen molar-refractivity contribution in [3.05, 3.63) is 127 Å². The fourth-order valence-electron chi connectivity index (χ4n) is 3.58. The van der Waals surface area contributed by atoms with Gasteiger partial charge in [0.1, 0.15) is 0 Å².